The first kappa shape index (κ1) is 30.2. The highest BCUT2D eigenvalue weighted by atomic mass is 35.5. The second kappa shape index (κ2) is 13.1. The van der Waals surface area contributed by atoms with Crippen LogP contribution >= 0.6 is 11.6 Å². The van der Waals surface area contributed by atoms with Gasteiger partial charge in [-0.25, -0.2) is 8.42 Å². The van der Waals surface area contributed by atoms with Crippen LogP contribution in [0.3, 0.4) is 0 Å². The second-order valence-corrected chi connectivity index (χ2v) is 12.4. The molecular formula is C30H36ClN3O4S. The van der Waals surface area contributed by atoms with Crippen LogP contribution in [0.5, 0.6) is 0 Å². The molecule has 2 amide bonds. The molecule has 1 atom stereocenters. The number of sulfonamides is 1. The minimum absolute atomic E-state index is 0.0731. The van der Waals surface area contributed by atoms with Gasteiger partial charge in [-0.2, -0.15) is 0 Å². The number of anilines is 1. The van der Waals surface area contributed by atoms with Gasteiger partial charge in [0, 0.05) is 18.1 Å². The molecule has 0 radical (unpaired) electrons. The van der Waals surface area contributed by atoms with E-state index in [0.29, 0.717) is 17.3 Å². The molecule has 0 bridgehead atoms. The van der Waals surface area contributed by atoms with Crippen molar-refractivity contribution in [1.82, 2.24) is 10.2 Å². The third kappa shape index (κ3) is 8.07. The van der Waals surface area contributed by atoms with E-state index in [-0.39, 0.29) is 23.3 Å². The Labute approximate surface area is 236 Å². The van der Waals surface area contributed by atoms with E-state index >= 15 is 0 Å². The predicted octanol–water partition coefficient (Wildman–Crippen LogP) is 5.34. The number of nitrogens with one attached hydrogen (secondary N) is 1. The number of halogens is 1. The van der Waals surface area contributed by atoms with Crippen molar-refractivity contribution in [3.63, 3.8) is 0 Å². The Morgan fingerprint density at radius 3 is 2.05 bits per heavy atom. The summed E-state index contributed by atoms with van der Waals surface area (Å²) in [5.74, 6) is -0.580. The number of hydrogen-bond donors (Lipinski definition) is 1. The minimum atomic E-state index is -4.09. The van der Waals surface area contributed by atoms with E-state index in [2.05, 4.69) is 5.32 Å². The molecule has 7 nitrogen and oxygen atoms in total. The lowest BCUT2D eigenvalue weighted by Gasteiger charge is -2.32. The first-order valence-corrected chi connectivity index (χ1v) is 14.7. The largest absolute Gasteiger partial charge is 0.354 e. The van der Waals surface area contributed by atoms with Crippen LogP contribution in [0.15, 0.2) is 77.7 Å². The van der Waals surface area contributed by atoms with Gasteiger partial charge in [0.25, 0.3) is 10.0 Å². The Kier molecular flexibility index (Phi) is 10.2. The lowest BCUT2D eigenvalue weighted by molar-refractivity contribution is -0.139. The van der Waals surface area contributed by atoms with E-state index < -0.39 is 28.5 Å². The van der Waals surface area contributed by atoms with Gasteiger partial charge in [0.15, 0.2) is 0 Å². The molecule has 3 rings (SSSR count). The van der Waals surface area contributed by atoms with Crippen LogP contribution in [0, 0.1) is 19.8 Å². The van der Waals surface area contributed by atoms with Crippen molar-refractivity contribution in [3.8, 4) is 0 Å². The van der Waals surface area contributed by atoms with E-state index in [1.165, 1.54) is 17.0 Å². The third-order valence-corrected chi connectivity index (χ3v) is 8.26. The molecule has 0 aliphatic rings. The quantitative estimate of drug-likeness (QED) is 0.338. The molecule has 3 aromatic carbocycles. The molecule has 0 saturated heterocycles. The molecule has 0 heterocycles. The van der Waals surface area contributed by atoms with Crippen molar-refractivity contribution in [1.29, 1.82) is 0 Å². The lowest BCUT2D eigenvalue weighted by atomic mass is 10.1. The summed E-state index contributed by atoms with van der Waals surface area (Å²) in [7, 11) is -4.09. The van der Waals surface area contributed by atoms with Crippen LogP contribution in [0.25, 0.3) is 0 Å². The zero-order valence-corrected chi connectivity index (χ0v) is 24.6. The molecule has 0 aliphatic carbocycles. The standard InChI is InChI=1S/C30H36ClN3O4S/c1-21(2)18-32-30(36)24(5)33(19-25-11-13-26(31)14-12-25)29(35)20-34(27-16-22(3)15-23(4)17-27)39(37,38)28-9-7-6-8-10-28/h6-17,21,24H,18-20H2,1-5H3,(H,32,36)/t24-/m1/s1. The summed E-state index contributed by atoms with van der Waals surface area (Å²) >= 11 is 6.05. The first-order chi connectivity index (χ1) is 18.4. The van der Waals surface area contributed by atoms with Crippen molar-refractivity contribution >= 4 is 39.1 Å². The molecule has 3 aromatic rings. The molecule has 0 aromatic heterocycles. The zero-order chi connectivity index (χ0) is 28.7. The summed E-state index contributed by atoms with van der Waals surface area (Å²) in [6.07, 6.45) is 0. The Bertz CT molecular complexity index is 1370. The van der Waals surface area contributed by atoms with Gasteiger partial charge in [-0.3, -0.25) is 13.9 Å². The number of rotatable bonds is 11. The topological polar surface area (TPSA) is 86.8 Å². The summed E-state index contributed by atoms with van der Waals surface area (Å²) in [6.45, 7) is 9.46. The van der Waals surface area contributed by atoms with Gasteiger partial charge in [0.2, 0.25) is 11.8 Å². The van der Waals surface area contributed by atoms with Crippen LogP contribution in [-0.4, -0.2) is 44.3 Å². The molecule has 0 fully saturated rings. The lowest BCUT2D eigenvalue weighted by Crippen LogP contribution is -2.51. The molecule has 39 heavy (non-hydrogen) atoms. The SMILES string of the molecule is Cc1cc(C)cc(N(CC(=O)N(Cc2ccc(Cl)cc2)[C@H](C)C(=O)NCC(C)C)S(=O)(=O)c2ccccc2)c1. The van der Waals surface area contributed by atoms with Crippen LogP contribution in [-0.2, 0) is 26.2 Å². The van der Waals surface area contributed by atoms with Crippen molar-refractivity contribution < 1.29 is 18.0 Å². The van der Waals surface area contributed by atoms with Gasteiger partial charge in [0.1, 0.15) is 12.6 Å². The fourth-order valence-corrected chi connectivity index (χ4v) is 5.71. The second-order valence-electron chi connectivity index (χ2n) is 10.1. The molecule has 0 unspecified atom stereocenters. The molecule has 208 valence electrons. The molecule has 9 heteroatoms. The molecule has 0 spiro atoms. The first-order valence-electron chi connectivity index (χ1n) is 12.9. The number of hydrogen-bond acceptors (Lipinski definition) is 4. The zero-order valence-electron chi connectivity index (χ0n) is 23.0. The summed E-state index contributed by atoms with van der Waals surface area (Å²) in [5.41, 5.74) is 2.88. The normalized spacial score (nSPS) is 12.2. The maximum Gasteiger partial charge on any atom is 0.264 e. The number of benzene rings is 3. The van der Waals surface area contributed by atoms with E-state index in [0.717, 1.165) is 21.0 Å². The molecule has 0 saturated carbocycles. The van der Waals surface area contributed by atoms with Crippen LogP contribution < -0.4 is 9.62 Å². The molecule has 0 aliphatic heterocycles. The number of amides is 2. The average molecular weight is 570 g/mol. The van der Waals surface area contributed by atoms with Crippen molar-refractivity contribution in [3.05, 3.63) is 94.5 Å². The number of nitrogens with zero attached hydrogens (tertiary/aromatic N) is 2. The van der Waals surface area contributed by atoms with E-state index in [1.54, 1.807) is 61.5 Å². The average Bonchev–Trinajstić information content (AvgIpc) is 2.89. The van der Waals surface area contributed by atoms with Crippen LogP contribution in [0.1, 0.15) is 37.5 Å². The summed E-state index contributed by atoms with van der Waals surface area (Å²) in [4.78, 5) is 28.5. The van der Waals surface area contributed by atoms with Gasteiger partial charge < -0.3 is 10.2 Å². The molecule has 1 N–H and O–H groups in total. The Balaban J connectivity index is 2.03. The Morgan fingerprint density at radius 1 is 0.897 bits per heavy atom. The Morgan fingerprint density at radius 2 is 1.49 bits per heavy atom. The van der Waals surface area contributed by atoms with Crippen LogP contribution in [0.2, 0.25) is 5.02 Å². The Hall–Kier alpha value is -3.36. The van der Waals surface area contributed by atoms with Gasteiger partial charge >= 0.3 is 0 Å². The monoisotopic (exact) mass is 569 g/mol. The van der Waals surface area contributed by atoms with Gasteiger partial charge in [-0.05, 0) is 79.8 Å². The fraction of sp³-hybridized carbons (Fsp3) is 0.333. The van der Waals surface area contributed by atoms with Crippen molar-refractivity contribution in [2.45, 2.75) is 52.1 Å². The van der Waals surface area contributed by atoms with E-state index in [1.807, 2.05) is 33.8 Å². The molecular weight excluding hydrogens is 534 g/mol. The fourth-order valence-electron chi connectivity index (χ4n) is 4.16. The highest BCUT2D eigenvalue weighted by molar-refractivity contribution is 7.92. The van der Waals surface area contributed by atoms with Crippen molar-refractivity contribution in [2.75, 3.05) is 17.4 Å². The maximum absolute atomic E-state index is 13.9. The van der Waals surface area contributed by atoms with Gasteiger partial charge in [-0.1, -0.05) is 61.8 Å². The summed E-state index contributed by atoms with van der Waals surface area (Å²) in [6, 6.07) is 19.6. The smallest absolute Gasteiger partial charge is 0.264 e. The van der Waals surface area contributed by atoms with E-state index in [9.17, 15) is 18.0 Å². The number of aryl methyl sites for hydroxylation is 2. The summed E-state index contributed by atoms with van der Waals surface area (Å²) in [5, 5.41) is 3.43. The highest BCUT2D eigenvalue weighted by Gasteiger charge is 2.32. The van der Waals surface area contributed by atoms with E-state index in [4.69, 9.17) is 11.6 Å². The third-order valence-electron chi connectivity index (χ3n) is 6.22. The van der Waals surface area contributed by atoms with Crippen molar-refractivity contribution in [2.24, 2.45) is 5.92 Å². The van der Waals surface area contributed by atoms with Gasteiger partial charge in [-0.15, -0.1) is 0 Å². The number of carbonyl (C=O) groups is 2. The highest BCUT2D eigenvalue weighted by Crippen LogP contribution is 2.26. The minimum Gasteiger partial charge on any atom is -0.354 e. The predicted molar refractivity (Wildman–Crippen MR) is 156 cm³/mol. The van der Waals surface area contributed by atoms with Gasteiger partial charge in [0.05, 0.1) is 10.6 Å². The van der Waals surface area contributed by atoms with Crippen LogP contribution in [0.4, 0.5) is 5.69 Å². The number of carbonyl (C=O) groups excluding carboxylic acids is 2. The maximum atomic E-state index is 13.9. The summed E-state index contributed by atoms with van der Waals surface area (Å²) < 4.78 is 28.8.